The Morgan fingerprint density at radius 3 is 2.35 bits per heavy atom. The molecule has 7 nitrogen and oxygen atoms in total. The molecule has 1 N–H and O–H groups in total. The summed E-state index contributed by atoms with van der Waals surface area (Å²) in [6, 6.07) is 2.40. The third-order valence-corrected chi connectivity index (χ3v) is 6.36. The fourth-order valence-electron chi connectivity index (χ4n) is 2.62. The van der Waals surface area contributed by atoms with Gasteiger partial charge in [-0.2, -0.15) is 0 Å². The Bertz CT molecular complexity index is 722. The molecule has 0 bridgehead atoms. The molecule has 0 radical (unpaired) electrons. The maximum absolute atomic E-state index is 12.4. The normalized spacial score (nSPS) is 18.2. The van der Waals surface area contributed by atoms with Gasteiger partial charge in [-0.15, -0.1) is 0 Å². The number of piperidine rings is 1. The largest absolute Gasteiger partial charge is 0.303 e. The van der Waals surface area contributed by atoms with E-state index < -0.39 is 19.9 Å². The Morgan fingerprint density at radius 2 is 1.87 bits per heavy atom. The van der Waals surface area contributed by atoms with E-state index in [-0.39, 0.29) is 16.0 Å². The third-order valence-electron chi connectivity index (χ3n) is 3.85. The zero-order valence-electron chi connectivity index (χ0n) is 13.4. The van der Waals surface area contributed by atoms with Gasteiger partial charge in [0.15, 0.2) is 14.9 Å². The third kappa shape index (κ3) is 4.97. The maximum atomic E-state index is 12.4. The zero-order valence-corrected chi connectivity index (χ0v) is 15.0. The highest BCUT2D eigenvalue weighted by Gasteiger charge is 2.24. The molecule has 1 aromatic rings. The van der Waals surface area contributed by atoms with Crippen molar-refractivity contribution < 1.29 is 16.8 Å². The van der Waals surface area contributed by atoms with Crippen LogP contribution in [0.2, 0.25) is 0 Å². The summed E-state index contributed by atoms with van der Waals surface area (Å²) in [4.78, 5) is 6.04. The summed E-state index contributed by atoms with van der Waals surface area (Å²) in [6.45, 7) is 4.93. The molecule has 0 aromatic carbocycles. The number of nitrogens with one attached hydrogen (secondary N) is 1. The fraction of sp³-hybridized carbons (Fsp3) is 0.643. The number of hydrogen-bond acceptors (Lipinski definition) is 6. The SMILES string of the molecule is CCCN1CCC(NS(=O)(=O)c2ccc(S(C)(=O)=O)nc2)CC1. The molecule has 9 heteroatoms. The van der Waals surface area contributed by atoms with Gasteiger partial charge in [-0.1, -0.05) is 6.92 Å². The van der Waals surface area contributed by atoms with Crippen molar-refractivity contribution in [2.45, 2.75) is 42.1 Å². The first kappa shape index (κ1) is 18.3. The lowest BCUT2D eigenvalue weighted by atomic mass is 10.1. The minimum Gasteiger partial charge on any atom is -0.303 e. The average Bonchev–Trinajstić information content (AvgIpc) is 2.48. The number of nitrogens with zero attached hydrogens (tertiary/aromatic N) is 2. The highest BCUT2D eigenvalue weighted by molar-refractivity contribution is 7.90. The van der Waals surface area contributed by atoms with E-state index in [2.05, 4.69) is 21.5 Å². The molecule has 0 spiro atoms. The van der Waals surface area contributed by atoms with Gasteiger partial charge in [0.1, 0.15) is 4.90 Å². The lowest BCUT2D eigenvalue weighted by molar-refractivity contribution is 0.208. The Hall–Kier alpha value is -1.03. The quantitative estimate of drug-likeness (QED) is 0.799. The molecule has 2 heterocycles. The van der Waals surface area contributed by atoms with Gasteiger partial charge in [-0.25, -0.2) is 26.5 Å². The van der Waals surface area contributed by atoms with Crippen LogP contribution in [0.4, 0.5) is 0 Å². The van der Waals surface area contributed by atoms with Crippen molar-refractivity contribution in [3.05, 3.63) is 18.3 Å². The summed E-state index contributed by atoms with van der Waals surface area (Å²) in [5, 5.41) is -0.135. The van der Waals surface area contributed by atoms with Crippen LogP contribution in [0.15, 0.2) is 28.3 Å². The Kier molecular flexibility index (Phi) is 5.77. The zero-order chi connectivity index (χ0) is 17.1. The van der Waals surface area contributed by atoms with Crippen molar-refractivity contribution in [3.63, 3.8) is 0 Å². The molecule has 2 rings (SSSR count). The van der Waals surface area contributed by atoms with Crippen molar-refractivity contribution in [3.8, 4) is 0 Å². The predicted octanol–water partition coefficient (Wildman–Crippen LogP) is 0.638. The second-order valence-electron chi connectivity index (χ2n) is 5.84. The summed E-state index contributed by atoms with van der Waals surface area (Å²) in [5.74, 6) is 0. The molecular formula is C14H23N3O4S2. The second-order valence-corrected chi connectivity index (χ2v) is 9.52. The molecule has 1 aliphatic rings. The lowest BCUT2D eigenvalue weighted by Gasteiger charge is -2.31. The predicted molar refractivity (Wildman–Crippen MR) is 87.4 cm³/mol. The molecular weight excluding hydrogens is 338 g/mol. The number of hydrogen-bond donors (Lipinski definition) is 1. The summed E-state index contributed by atoms with van der Waals surface area (Å²) < 4.78 is 50.1. The smallest absolute Gasteiger partial charge is 0.242 e. The summed E-state index contributed by atoms with van der Waals surface area (Å²) in [6.07, 6.45) is 4.76. The minimum absolute atomic E-state index is 0.0131. The van der Waals surface area contributed by atoms with Crippen LogP contribution in [0, 0.1) is 0 Å². The summed E-state index contributed by atoms with van der Waals surface area (Å²) in [7, 11) is -7.11. The fourth-order valence-corrected chi connectivity index (χ4v) is 4.43. The van der Waals surface area contributed by atoms with Gasteiger partial charge in [-0.3, -0.25) is 0 Å². The van der Waals surface area contributed by atoms with Crippen LogP contribution in [0.3, 0.4) is 0 Å². The Morgan fingerprint density at radius 1 is 1.22 bits per heavy atom. The van der Waals surface area contributed by atoms with Gasteiger partial charge in [0, 0.05) is 18.5 Å². The van der Waals surface area contributed by atoms with E-state index in [4.69, 9.17) is 0 Å². The molecule has 0 saturated carbocycles. The van der Waals surface area contributed by atoms with Crippen molar-refractivity contribution in [1.82, 2.24) is 14.6 Å². The summed E-state index contributed by atoms with van der Waals surface area (Å²) >= 11 is 0. The van der Waals surface area contributed by atoms with Crippen LogP contribution in [0.1, 0.15) is 26.2 Å². The molecule has 0 atom stereocenters. The molecule has 0 unspecified atom stereocenters. The molecule has 0 aliphatic carbocycles. The molecule has 1 saturated heterocycles. The lowest BCUT2D eigenvalue weighted by Crippen LogP contribution is -2.44. The van der Waals surface area contributed by atoms with Gasteiger partial charge >= 0.3 is 0 Å². The second kappa shape index (κ2) is 7.25. The van der Waals surface area contributed by atoms with E-state index in [9.17, 15) is 16.8 Å². The highest BCUT2D eigenvalue weighted by atomic mass is 32.2. The van der Waals surface area contributed by atoms with Crippen LogP contribution < -0.4 is 4.72 Å². The van der Waals surface area contributed by atoms with E-state index in [1.807, 2.05) is 0 Å². The molecule has 23 heavy (non-hydrogen) atoms. The molecule has 1 aromatic heterocycles. The number of likely N-dealkylation sites (tertiary alicyclic amines) is 1. The maximum Gasteiger partial charge on any atom is 0.242 e. The van der Waals surface area contributed by atoms with Crippen molar-refractivity contribution in [1.29, 1.82) is 0 Å². The van der Waals surface area contributed by atoms with Crippen LogP contribution in [0.25, 0.3) is 0 Å². The van der Waals surface area contributed by atoms with Gasteiger partial charge < -0.3 is 4.90 Å². The highest BCUT2D eigenvalue weighted by Crippen LogP contribution is 2.16. The molecule has 1 fully saturated rings. The van der Waals surface area contributed by atoms with Gasteiger partial charge in [0.05, 0.1) is 0 Å². The first-order valence-corrected chi connectivity index (χ1v) is 11.0. The van der Waals surface area contributed by atoms with E-state index >= 15 is 0 Å². The number of sulfonamides is 1. The first-order valence-electron chi connectivity index (χ1n) is 7.63. The van der Waals surface area contributed by atoms with Gasteiger partial charge in [0.25, 0.3) is 0 Å². The minimum atomic E-state index is -3.68. The average molecular weight is 361 g/mol. The topological polar surface area (TPSA) is 96.4 Å². The van der Waals surface area contributed by atoms with Gasteiger partial charge in [-0.05, 0) is 51.0 Å². The van der Waals surface area contributed by atoms with Crippen molar-refractivity contribution in [2.24, 2.45) is 0 Å². The van der Waals surface area contributed by atoms with Crippen LogP contribution in [-0.4, -0.2) is 58.7 Å². The number of rotatable bonds is 6. The molecule has 0 amide bonds. The van der Waals surface area contributed by atoms with Crippen molar-refractivity contribution in [2.75, 3.05) is 25.9 Å². The van der Waals surface area contributed by atoms with E-state index in [0.29, 0.717) is 0 Å². The number of sulfone groups is 1. The standard InChI is InChI=1S/C14H23N3O4S2/c1-3-8-17-9-6-12(7-10-17)16-23(20,21)13-4-5-14(15-11-13)22(2,18)19/h4-5,11-12,16H,3,6-10H2,1-2H3. The van der Waals surface area contributed by atoms with E-state index in [1.165, 1.54) is 12.1 Å². The van der Waals surface area contributed by atoms with Crippen molar-refractivity contribution >= 4 is 19.9 Å². The Balaban J connectivity index is 2.02. The molecule has 1 aliphatic heterocycles. The van der Waals surface area contributed by atoms with Crippen LogP contribution >= 0.6 is 0 Å². The summed E-state index contributed by atoms with van der Waals surface area (Å²) in [5.41, 5.74) is 0. The van der Waals surface area contributed by atoms with Crippen LogP contribution in [-0.2, 0) is 19.9 Å². The van der Waals surface area contributed by atoms with E-state index in [1.54, 1.807) is 0 Å². The Labute approximate surface area is 138 Å². The monoisotopic (exact) mass is 361 g/mol. The first-order chi connectivity index (χ1) is 10.7. The number of pyridine rings is 1. The van der Waals surface area contributed by atoms with E-state index in [0.717, 1.165) is 51.3 Å². The molecule has 130 valence electrons. The van der Waals surface area contributed by atoms with Gasteiger partial charge in [0.2, 0.25) is 10.0 Å². The van der Waals surface area contributed by atoms with Crippen LogP contribution in [0.5, 0.6) is 0 Å². The number of aromatic nitrogens is 1.